The molecule has 1 aromatic heterocycles. The van der Waals surface area contributed by atoms with Gasteiger partial charge in [0.1, 0.15) is 0 Å². The third-order valence-electron chi connectivity index (χ3n) is 1.66. The van der Waals surface area contributed by atoms with E-state index < -0.39 is 5.97 Å². The summed E-state index contributed by atoms with van der Waals surface area (Å²) in [6.45, 7) is 4.42. The molecule has 0 aliphatic rings. The number of rotatable bonds is 2. The molecule has 0 aliphatic carbocycles. The van der Waals surface area contributed by atoms with Crippen molar-refractivity contribution in [1.82, 2.24) is 15.0 Å². The molecule has 0 radical (unpaired) electrons. The second-order valence-corrected chi connectivity index (χ2v) is 2.33. The highest BCUT2D eigenvalue weighted by Gasteiger charge is 2.15. The predicted molar refractivity (Wildman–Crippen MR) is 41.8 cm³/mol. The van der Waals surface area contributed by atoms with E-state index in [4.69, 9.17) is 0 Å². The van der Waals surface area contributed by atoms with Crippen LogP contribution in [-0.2, 0) is 11.3 Å². The average Bonchev–Trinajstić information content (AvgIpc) is 2.45. The standard InChI is InChI=1S/C7H11N3O2/c1-4-10-5(2)6(8-9-10)7(11)12-3/h4H2,1-3H3. The molecule has 12 heavy (non-hydrogen) atoms. The van der Waals surface area contributed by atoms with E-state index >= 15 is 0 Å². The lowest BCUT2D eigenvalue weighted by molar-refractivity contribution is 0.0593. The van der Waals surface area contributed by atoms with Crippen LogP contribution in [0.15, 0.2) is 0 Å². The molecule has 0 aromatic carbocycles. The zero-order valence-electron chi connectivity index (χ0n) is 7.37. The number of carbonyl (C=O) groups excluding carboxylic acids is 1. The highest BCUT2D eigenvalue weighted by atomic mass is 16.5. The summed E-state index contributed by atoms with van der Waals surface area (Å²) in [6.07, 6.45) is 0. The molecule has 0 unspecified atom stereocenters. The van der Waals surface area contributed by atoms with Crippen molar-refractivity contribution in [2.24, 2.45) is 0 Å². The van der Waals surface area contributed by atoms with Crippen molar-refractivity contribution in [3.8, 4) is 0 Å². The Labute approximate surface area is 70.3 Å². The molecule has 66 valence electrons. The number of nitrogens with zero attached hydrogens (tertiary/aromatic N) is 3. The maximum absolute atomic E-state index is 11.0. The average molecular weight is 169 g/mol. The second kappa shape index (κ2) is 3.34. The van der Waals surface area contributed by atoms with E-state index in [2.05, 4.69) is 15.0 Å². The highest BCUT2D eigenvalue weighted by molar-refractivity contribution is 5.88. The first-order valence-electron chi connectivity index (χ1n) is 3.69. The van der Waals surface area contributed by atoms with Crippen LogP contribution >= 0.6 is 0 Å². The van der Waals surface area contributed by atoms with Crippen molar-refractivity contribution >= 4 is 5.97 Å². The lowest BCUT2D eigenvalue weighted by atomic mass is 10.3. The van der Waals surface area contributed by atoms with Gasteiger partial charge in [0.25, 0.3) is 0 Å². The van der Waals surface area contributed by atoms with Crippen LogP contribution < -0.4 is 0 Å². The van der Waals surface area contributed by atoms with Crippen molar-refractivity contribution < 1.29 is 9.53 Å². The van der Waals surface area contributed by atoms with Gasteiger partial charge in [-0.05, 0) is 13.8 Å². The van der Waals surface area contributed by atoms with Crippen LogP contribution in [0, 0.1) is 6.92 Å². The van der Waals surface area contributed by atoms with Gasteiger partial charge in [-0.25, -0.2) is 9.48 Å². The minimum absolute atomic E-state index is 0.291. The zero-order valence-corrected chi connectivity index (χ0v) is 7.37. The Balaban J connectivity index is 3.02. The number of hydrogen-bond donors (Lipinski definition) is 0. The SMILES string of the molecule is CCn1nnc(C(=O)OC)c1C. The van der Waals surface area contributed by atoms with Crippen molar-refractivity contribution in [3.05, 3.63) is 11.4 Å². The summed E-state index contributed by atoms with van der Waals surface area (Å²) in [5, 5.41) is 7.46. The Morgan fingerprint density at radius 3 is 2.75 bits per heavy atom. The van der Waals surface area contributed by atoms with E-state index in [0.29, 0.717) is 12.2 Å². The fourth-order valence-corrected chi connectivity index (χ4v) is 0.946. The van der Waals surface area contributed by atoms with Crippen molar-refractivity contribution in [2.45, 2.75) is 20.4 Å². The first-order chi connectivity index (χ1) is 5.70. The van der Waals surface area contributed by atoms with E-state index in [1.807, 2.05) is 6.92 Å². The Hall–Kier alpha value is -1.39. The second-order valence-electron chi connectivity index (χ2n) is 2.33. The summed E-state index contributed by atoms with van der Waals surface area (Å²) < 4.78 is 6.17. The molecule has 0 bridgehead atoms. The topological polar surface area (TPSA) is 57.0 Å². The van der Waals surface area contributed by atoms with Gasteiger partial charge in [-0.2, -0.15) is 0 Å². The van der Waals surface area contributed by atoms with Gasteiger partial charge in [0.2, 0.25) is 0 Å². The third-order valence-corrected chi connectivity index (χ3v) is 1.66. The van der Waals surface area contributed by atoms with Gasteiger partial charge in [0.05, 0.1) is 12.8 Å². The van der Waals surface area contributed by atoms with E-state index in [0.717, 1.165) is 5.69 Å². The molecule has 0 fully saturated rings. The van der Waals surface area contributed by atoms with Gasteiger partial charge in [-0.15, -0.1) is 5.10 Å². The normalized spacial score (nSPS) is 9.92. The van der Waals surface area contributed by atoms with E-state index in [9.17, 15) is 4.79 Å². The summed E-state index contributed by atoms with van der Waals surface area (Å²) in [7, 11) is 1.33. The minimum Gasteiger partial charge on any atom is -0.464 e. The maximum atomic E-state index is 11.0. The summed E-state index contributed by atoms with van der Waals surface area (Å²) in [6, 6.07) is 0. The lowest BCUT2D eigenvalue weighted by Crippen LogP contribution is -2.05. The van der Waals surface area contributed by atoms with Crippen LogP contribution in [0.2, 0.25) is 0 Å². The quantitative estimate of drug-likeness (QED) is 0.601. The number of methoxy groups -OCH3 is 1. The largest absolute Gasteiger partial charge is 0.464 e. The number of aromatic nitrogens is 3. The van der Waals surface area contributed by atoms with E-state index in [1.54, 1.807) is 11.6 Å². The van der Waals surface area contributed by atoms with Crippen molar-refractivity contribution in [2.75, 3.05) is 7.11 Å². The van der Waals surface area contributed by atoms with E-state index in [-0.39, 0.29) is 0 Å². The number of ether oxygens (including phenoxy) is 1. The van der Waals surface area contributed by atoms with Crippen LogP contribution in [0.4, 0.5) is 0 Å². The van der Waals surface area contributed by atoms with Crippen LogP contribution in [0.5, 0.6) is 0 Å². The van der Waals surface area contributed by atoms with Gasteiger partial charge in [-0.1, -0.05) is 5.21 Å². The molecule has 1 rings (SSSR count). The van der Waals surface area contributed by atoms with Crippen LogP contribution in [-0.4, -0.2) is 28.1 Å². The molecular weight excluding hydrogens is 158 g/mol. The minimum atomic E-state index is -0.438. The van der Waals surface area contributed by atoms with Gasteiger partial charge >= 0.3 is 5.97 Å². The molecule has 0 saturated carbocycles. The predicted octanol–water partition coefficient (Wildman–Crippen LogP) is 0.393. The van der Waals surface area contributed by atoms with Gasteiger partial charge in [0.15, 0.2) is 5.69 Å². The fraction of sp³-hybridized carbons (Fsp3) is 0.571. The molecule has 0 aliphatic heterocycles. The summed E-state index contributed by atoms with van der Waals surface area (Å²) in [5.74, 6) is -0.438. The summed E-state index contributed by atoms with van der Waals surface area (Å²) >= 11 is 0. The molecule has 1 aromatic rings. The molecule has 0 saturated heterocycles. The van der Waals surface area contributed by atoms with Crippen LogP contribution in [0.1, 0.15) is 23.1 Å². The van der Waals surface area contributed by atoms with Gasteiger partial charge in [-0.3, -0.25) is 0 Å². The number of esters is 1. The Bertz CT molecular complexity index is 293. The smallest absolute Gasteiger partial charge is 0.360 e. The Morgan fingerprint density at radius 1 is 1.67 bits per heavy atom. The monoisotopic (exact) mass is 169 g/mol. The maximum Gasteiger partial charge on any atom is 0.360 e. The first kappa shape index (κ1) is 8.70. The summed E-state index contributed by atoms with van der Waals surface area (Å²) in [4.78, 5) is 11.0. The summed E-state index contributed by atoms with van der Waals surface area (Å²) in [5.41, 5.74) is 1.03. The van der Waals surface area contributed by atoms with Crippen LogP contribution in [0.25, 0.3) is 0 Å². The fourth-order valence-electron chi connectivity index (χ4n) is 0.946. The van der Waals surface area contributed by atoms with Gasteiger partial charge in [0, 0.05) is 6.54 Å². The molecule has 1 heterocycles. The highest BCUT2D eigenvalue weighted by Crippen LogP contribution is 2.04. The van der Waals surface area contributed by atoms with Crippen molar-refractivity contribution in [3.63, 3.8) is 0 Å². The molecular formula is C7H11N3O2. The Kier molecular flexibility index (Phi) is 2.42. The Morgan fingerprint density at radius 2 is 2.33 bits per heavy atom. The van der Waals surface area contributed by atoms with Crippen LogP contribution in [0.3, 0.4) is 0 Å². The van der Waals surface area contributed by atoms with Gasteiger partial charge < -0.3 is 4.74 Å². The first-order valence-corrected chi connectivity index (χ1v) is 3.69. The molecule has 0 spiro atoms. The molecule has 0 atom stereocenters. The van der Waals surface area contributed by atoms with Crippen molar-refractivity contribution in [1.29, 1.82) is 0 Å². The zero-order chi connectivity index (χ0) is 9.14. The lowest BCUT2D eigenvalue weighted by Gasteiger charge is -1.97. The molecule has 0 amide bonds. The number of aryl methyl sites for hydroxylation is 1. The third kappa shape index (κ3) is 1.30. The van der Waals surface area contributed by atoms with E-state index in [1.165, 1.54) is 7.11 Å². The molecule has 5 heteroatoms. The molecule has 0 N–H and O–H groups in total. The number of hydrogen-bond acceptors (Lipinski definition) is 4. The molecule has 5 nitrogen and oxygen atoms in total. The number of carbonyl (C=O) groups is 1.